The highest BCUT2D eigenvalue weighted by molar-refractivity contribution is 8.13. The maximum absolute atomic E-state index is 11.0. The number of nitrogens with one attached hydrogen (secondary N) is 2. The minimum atomic E-state index is 0.134. The van der Waals surface area contributed by atoms with Crippen molar-refractivity contribution in [3.63, 3.8) is 0 Å². The molecule has 2 rings (SSSR count). The second-order valence-electron chi connectivity index (χ2n) is 4.92. The van der Waals surface area contributed by atoms with Gasteiger partial charge in [0.15, 0.2) is 5.17 Å². The highest BCUT2D eigenvalue weighted by atomic mass is 32.2. The molecule has 1 atom stereocenters. The van der Waals surface area contributed by atoms with E-state index in [-0.39, 0.29) is 11.9 Å². The Morgan fingerprint density at radius 1 is 1.60 bits per heavy atom. The molecule has 1 fully saturated rings. The number of hydrogen-bond acceptors (Lipinski definition) is 4. The first-order valence-electron chi connectivity index (χ1n) is 5.26. The highest BCUT2D eigenvalue weighted by Gasteiger charge is 2.26. The van der Waals surface area contributed by atoms with Crippen LogP contribution in [-0.4, -0.2) is 36.0 Å². The molecule has 2 heterocycles. The van der Waals surface area contributed by atoms with Gasteiger partial charge < -0.3 is 10.6 Å². The van der Waals surface area contributed by atoms with Crippen LogP contribution in [-0.2, 0) is 4.79 Å². The Labute approximate surface area is 94.3 Å². The Bertz CT molecular complexity index is 301. The van der Waals surface area contributed by atoms with E-state index in [4.69, 9.17) is 0 Å². The average molecular weight is 227 g/mol. The first-order valence-corrected chi connectivity index (χ1v) is 6.24. The fraction of sp³-hybridized carbons (Fsp3) is 0.800. The van der Waals surface area contributed by atoms with Gasteiger partial charge in [0.2, 0.25) is 5.91 Å². The summed E-state index contributed by atoms with van der Waals surface area (Å²) < 4.78 is 0. The Kier molecular flexibility index (Phi) is 2.91. The summed E-state index contributed by atoms with van der Waals surface area (Å²) in [6.45, 7) is 6.04. The summed E-state index contributed by atoms with van der Waals surface area (Å²) in [5.74, 6) is 1.22. The van der Waals surface area contributed by atoms with Crippen molar-refractivity contribution in [3.05, 3.63) is 0 Å². The van der Waals surface area contributed by atoms with Crippen molar-refractivity contribution < 1.29 is 4.79 Å². The van der Waals surface area contributed by atoms with Crippen LogP contribution in [0.25, 0.3) is 0 Å². The van der Waals surface area contributed by atoms with Crippen molar-refractivity contribution in [2.75, 3.05) is 18.8 Å². The zero-order chi connectivity index (χ0) is 10.9. The molecule has 0 aromatic carbocycles. The topological polar surface area (TPSA) is 53.5 Å². The molecule has 2 aliphatic rings. The minimum absolute atomic E-state index is 0.134. The van der Waals surface area contributed by atoms with E-state index < -0.39 is 0 Å². The molecule has 0 aliphatic carbocycles. The second kappa shape index (κ2) is 4.04. The van der Waals surface area contributed by atoms with Gasteiger partial charge in [0.25, 0.3) is 0 Å². The first-order chi connectivity index (χ1) is 7.05. The van der Waals surface area contributed by atoms with Crippen molar-refractivity contribution in [2.45, 2.75) is 26.3 Å². The Hall–Kier alpha value is -0.710. The highest BCUT2D eigenvalue weighted by Crippen LogP contribution is 2.27. The van der Waals surface area contributed by atoms with E-state index in [1.54, 1.807) is 11.8 Å². The molecular weight excluding hydrogens is 210 g/mol. The summed E-state index contributed by atoms with van der Waals surface area (Å²) >= 11 is 1.76. The maximum atomic E-state index is 11.0. The molecule has 1 unspecified atom stereocenters. The molecule has 0 saturated carbocycles. The molecule has 5 heteroatoms. The van der Waals surface area contributed by atoms with Gasteiger partial charge >= 0.3 is 0 Å². The maximum Gasteiger partial charge on any atom is 0.222 e. The quantitative estimate of drug-likeness (QED) is 0.689. The van der Waals surface area contributed by atoms with Crippen LogP contribution in [0.3, 0.4) is 0 Å². The normalized spacial score (nSPS) is 29.6. The third-order valence-electron chi connectivity index (χ3n) is 2.56. The van der Waals surface area contributed by atoms with Crippen molar-refractivity contribution in [1.29, 1.82) is 0 Å². The van der Waals surface area contributed by atoms with Crippen LogP contribution in [0.5, 0.6) is 0 Å². The fourth-order valence-corrected chi connectivity index (χ4v) is 2.63. The predicted octanol–water partition coefficient (Wildman–Crippen LogP) is 0.593. The van der Waals surface area contributed by atoms with Crippen molar-refractivity contribution in [3.8, 4) is 0 Å². The van der Waals surface area contributed by atoms with Gasteiger partial charge in [-0.25, -0.2) is 0 Å². The summed E-state index contributed by atoms with van der Waals surface area (Å²) in [6.07, 6.45) is 0.572. The Balaban J connectivity index is 1.86. The molecule has 1 amide bonds. The SMILES string of the molecule is CC1(C)CN=C(NC2CNC(=O)C2)SC1. The van der Waals surface area contributed by atoms with Gasteiger partial charge in [0.05, 0.1) is 6.04 Å². The number of thioether (sulfide) groups is 1. The molecule has 15 heavy (non-hydrogen) atoms. The summed E-state index contributed by atoms with van der Waals surface area (Å²) in [7, 11) is 0. The molecule has 0 aromatic rings. The van der Waals surface area contributed by atoms with Crippen molar-refractivity contribution in [2.24, 2.45) is 10.4 Å². The Morgan fingerprint density at radius 2 is 2.40 bits per heavy atom. The van der Waals surface area contributed by atoms with E-state index >= 15 is 0 Å². The smallest absolute Gasteiger partial charge is 0.222 e. The first kappa shape index (κ1) is 10.8. The van der Waals surface area contributed by atoms with Crippen LogP contribution < -0.4 is 10.6 Å². The number of amides is 1. The van der Waals surface area contributed by atoms with E-state index in [0.29, 0.717) is 11.8 Å². The van der Waals surface area contributed by atoms with Crippen molar-refractivity contribution in [1.82, 2.24) is 10.6 Å². The minimum Gasteiger partial charge on any atom is -0.360 e. The lowest BCUT2D eigenvalue weighted by molar-refractivity contribution is -0.119. The molecule has 84 valence electrons. The molecule has 0 radical (unpaired) electrons. The molecule has 2 aliphatic heterocycles. The number of nitrogens with zero attached hydrogens (tertiary/aromatic N) is 1. The van der Waals surface area contributed by atoms with Crippen LogP contribution in [0.4, 0.5) is 0 Å². The third kappa shape index (κ3) is 2.87. The molecule has 2 N–H and O–H groups in total. The summed E-state index contributed by atoms with van der Waals surface area (Å²) in [5.41, 5.74) is 0.305. The number of rotatable bonds is 1. The lowest BCUT2D eigenvalue weighted by Crippen LogP contribution is -2.38. The molecule has 4 nitrogen and oxygen atoms in total. The van der Waals surface area contributed by atoms with Gasteiger partial charge in [-0.3, -0.25) is 9.79 Å². The van der Waals surface area contributed by atoms with Gasteiger partial charge in [-0.2, -0.15) is 0 Å². The number of hydrogen-bond donors (Lipinski definition) is 2. The van der Waals surface area contributed by atoms with Crippen LogP contribution in [0.2, 0.25) is 0 Å². The van der Waals surface area contributed by atoms with Crippen molar-refractivity contribution >= 4 is 22.8 Å². The summed E-state index contributed by atoms with van der Waals surface area (Å²) in [5, 5.41) is 7.12. The van der Waals surface area contributed by atoms with Gasteiger partial charge in [0, 0.05) is 25.3 Å². The second-order valence-corrected chi connectivity index (χ2v) is 5.89. The summed E-state index contributed by atoms with van der Waals surface area (Å²) in [4.78, 5) is 15.5. The summed E-state index contributed by atoms with van der Waals surface area (Å²) in [6, 6.07) is 0.227. The van der Waals surface area contributed by atoms with E-state index in [2.05, 4.69) is 29.5 Å². The molecule has 0 bridgehead atoms. The number of carbonyl (C=O) groups is 1. The molecule has 0 spiro atoms. The van der Waals surface area contributed by atoms with E-state index in [1.807, 2.05) is 0 Å². The molecule has 1 saturated heterocycles. The largest absolute Gasteiger partial charge is 0.360 e. The van der Waals surface area contributed by atoms with Gasteiger partial charge in [-0.15, -0.1) is 0 Å². The van der Waals surface area contributed by atoms with Crippen LogP contribution >= 0.6 is 11.8 Å². The molecule has 0 aromatic heterocycles. The third-order valence-corrected chi connectivity index (χ3v) is 4.00. The van der Waals surface area contributed by atoms with Crippen LogP contribution in [0.1, 0.15) is 20.3 Å². The van der Waals surface area contributed by atoms with Crippen LogP contribution in [0, 0.1) is 5.41 Å². The zero-order valence-electron chi connectivity index (χ0n) is 9.17. The van der Waals surface area contributed by atoms with E-state index in [1.165, 1.54) is 0 Å². The molecular formula is C10H17N3OS. The van der Waals surface area contributed by atoms with Gasteiger partial charge in [-0.1, -0.05) is 25.6 Å². The number of carbonyl (C=O) groups excluding carboxylic acids is 1. The monoisotopic (exact) mass is 227 g/mol. The lowest BCUT2D eigenvalue weighted by Gasteiger charge is -2.28. The lowest BCUT2D eigenvalue weighted by atomic mass is 9.97. The van der Waals surface area contributed by atoms with Gasteiger partial charge in [-0.05, 0) is 5.41 Å². The van der Waals surface area contributed by atoms with Gasteiger partial charge in [0.1, 0.15) is 0 Å². The van der Waals surface area contributed by atoms with E-state index in [0.717, 1.165) is 24.0 Å². The fourth-order valence-electron chi connectivity index (χ4n) is 1.61. The van der Waals surface area contributed by atoms with E-state index in [9.17, 15) is 4.79 Å². The Morgan fingerprint density at radius 3 is 2.93 bits per heavy atom. The standard InChI is InChI=1S/C10H17N3OS/c1-10(2)5-12-9(15-6-10)13-7-3-8(14)11-4-7/h7H,3-6H2,1-2H3,(H,11,14)(H,12,13). The number of aliphatic imine (C=N–C) groups is 1. The number of amidine groups is 1. The van der Waals surface area contributed by atoms with Crippen LogP contribution in [0.15, 0.2) is 4.99 Å². The zero-order valence-corrected chi connectivity index (χ0v) is 9.99. The average Bonchev–Trinajstić information content (AvgIpc) is 2.55. The predicted molar refractivity (Wildman–Crippen MR) is 63.1 cm³/mol.